The summed E-state index contributed by atoms with van der Waals surface area (Å²) in [6.07, 6.45) is 7.19. The van der Waals surface area contributed by atoms with Crippen molar-refractivity contribution in [2.24, 2.45) is 5.92 Å². The molecule has 1 aliphatic carbocycles. The van der Waals surface area contributed by atoms with Crippen LogP contribution in [0.3, 0.4) is 0 Å². The lowest BCUT2D eigenvalue weighted by molar-refractivity contribution is -0.133. The van der Waals surface area contributed by atoms with Crippen LogP contribution in [0.2, 0.25) is 5.15 Å². The van der Waals surface area contributed by atoms with Crippen LogP contribution in [0.25, 0.3) is 22.3 Å². The van der Waals surface area contributed by atoms with Gasteiger partial charge in [-0.3, -0.25) is 4.79 Å². The lowest BCUT2D eigenvalue weighted by Crippen LogP contribution is -2.43. The van der Waals surface area contributed by atoms with E-state index in [-0.39, 0.29) is 12.0 Å². The highest BCUT2D eigenvalue weighted by molar-refractivity contribution is 6.29. The number of piperidine rings is 1. The van der Waals surface area contributed by atoms with E-state index >= 15 is 0 Å². The normalized spacial score (nSPS) is 17.5. The van der Waals surface area contributed by atoms with Gasteiger partial charge in [-0.25, -0.2) is 19.9 Å². The number of fused-ring (bicyclic) bond motifs is 1. The first-order valence-corrected chi connectivity index (χ1v) is 10.3. The average Bonchev–Trinajstić information content (AvgIpc) is 3.60. The number of halogens is 1. The highest BCUT2D eigenvalue weighted by Gasteiger charge is 2.35. The molecule has 148 valence electrons. The van der Waals surface area contributed by atoms with E-state index in [9.17, 15) is 4.79 Å². The first kappa shape index (κ1) is 18.2. The summed E-state index contributed by atoms with van der Waals surface area (Å²) in [4.78, 5) is 32.0. The van der Waals surface area contributed by atoms with Gasteiger partial charge in [0.05, 0.1) is 11.2 Å². The van der Waals surface area contributed by atoms with E-state index in [1.807, 2.05) is 23.1 Å². The summed E-state index contributed by atoms with van der Waals surface area (Å²) in [5.74, 6) is 1.35. The Hall–Kier alpha value is -2.80. The smallest absolute Gasteiger partial charge is 0.225 e. The van der Waals surface area contributed by atoms with Crippen LogP contribution in [0.15, 0.2) is 36.8 Å². The third-order valence-corrected chi connectivity index (χ3v) is 5.80. The molecule has 1 saturated carbocycles. The Kier molecular flexibility index (Phi) is 4.75. The third-order valence-electron chi connectivity index (χ3n) is 5.58. The van der Waals surface area contributed by atoms with Crippen LogP contribution >= 0.6 is 11.6 Å². The first-order valence-electron chi connectivity index (χ1n) is 9.96. The molecule has 0 unspecified atom stereocenters. The molecule has 1 N–H and O–H groups in total. The molecule has 1 amide bonds. The highest BCUT2D eigenvalue weighted by Crippen LogP contribution is 2.32. The number of rotatable bonds is 4. The Balaban J connectivity index is 1.35. The first-order chi connectivity index (χ1) is 14.2. The molecule has 7 nitrogen and oxygen atoms in total. The van der Waals surface area contributed by atoms with E-state index in [0.29, 0.717) is 11.1 Å². The van der Waals surface area contributed by atoms with Gasteiger partial charge < -0.3 is 10.2 Å². The van der Waals surface area contributed by atoms with E-state index in [0.717, 1.165) is 66.9 Å². The van der Waals surface area contributed by atoms with Gasteiger partial charge in [0.15, 0.2) is 5.82 Å². The van der Waals surface area contributed by atoms with Crippen molar-refractivity contribution in [3.8, 4) is 11.3 Å². The molecular weight excluding hydrogens is 388 g/mol. The maximum atomic E-state index is 12.3. The molecular formula is C21H21ClN6O. The molecule has 0 spiro atoms. The number of pyridine rings is 2. The van der Waals surface area contributed by atoms with Crippen molar-refractivity contribution in [3.63, 3.8) is 0 Å². The van der Waals surface area contributed by atoms with E-state index < -0.39 is 0 Å². The summed E-state index contributed by atoms with van der Waals surface area (Å²) < 4.78 is 0. The Labute approximate surface area is 173 Å². The van der Waals surface area contributed by atoms with Gasteiger partial charge in [0, 0.05) is 36.8 Å². The summed E-state index contributed by atoms with van der Waals surface area (Å²) in [6, 6.07) is 7.77. The van der Waals surface area contributed by atoms with Crippen LogP contribution in [0.4, 0.5) is 5.82 Å². The van der Waals surface area contributed by atoms with Gasteiger partial charge in [0.25, 0.3) is 0 Å². The molecule has 1 saturated heterocycles. The van der Waals surface area contributed by atoms with Gasteiger partial charge >= 0.3 is 0 Å². The molecule has 0 bridgehead atoms. The van der Waals surface area contributed by atoms with Crippen molar-refractivity contribution < 1.29 is 4.79 Å². The van der Waals surface area contributed by atoms with Gasteiger partial charge in [-0.05, 0) is 49.9 Å². The largest absolute Gasteiger partial charge is 0.365 e. The standard InChI is InChI=1S/C21H21ClN6O/c22-18-6-3-14(11-23-18)16-4-5-17-19(27-16)20(25-12-24-17)26-15-7-9-28(10-8-15)21(29)13-1-2-13/h3-6,11-13,15H,1-2,7-10H2,(H,24,25,26). The number of carbonyl (C=O) groups is 1. The number of aromatic nitrogens is 4. The number of amides is 1. The topological polar surface area (TPSA) is 83.9 Å². The van der Waals surface area contributed by atoms with Crippen LogP contribution in [0.5, 0.6) is 0 Å². The fourth-order valence-electron chi connectivity index (χ4n) is 3.76. The van der Waals surface area contributed by atoms with Crippen molar-refractivity contribution in [1.82, 2.24) is 24.8 Å². The monoisotopic (exact) mass is 408 g/mol. The Bertz CT molecular complexity index is 1040. The van der Waals surface area contributed by atoms with E-state index in [4.69, 9.17) is 16.6 Å². The molecule has 8 heteroatoms. The Morgan fingerprint density at radius 2 is 1.86 bits per heavy atom. The number of hydrogen-bond acceptors (Lipinski definition) is 6. The molecule has 0 aromatic carbocycles. The molecule has 3 aromatic rings. The molecule has 29 heavy (non-hydrogen) atoms. The van der Waals surface area contributed by atoms with Gasteiger partial charge in [-0.15, -0.1) is 0 Å². The summed E-state index contributed by atoms with van der Waals surface area (Å²) in [7, 11) is 0. The number of nitrogens with zero attached hydrogens (tertiary/aromatic N) is 5. The predicted octanol–water partition coefficient (Wildman–Crippen LogP) is 3.55. The molecule has 2 fully saturated rings. The van der Waals surface area contributed by atoms with Crippen LogP contribution < -0.4 is 5.32 Å². The number of likely N-dealkylation sites (tertiary alicyclic amines) is 1. The second kappa shape index (κ2) is 7.55. The summed E-state index contributed by atoms with van der Waals surface area (Å²) >= 11 is 5.89. The second-order valence-corrected chi connectivity index (χ2v) is 8.06. The predicted molar refractivity (Wildman–Crippen MR) is 112 cm³/mol. The molecule has 4 heterocycles. The van der Waals surface area contributed by atoms with Crippen molar-refractivity contribution in [3.05, 3.63) is 41.9 Å². The van der Waals surface area contributed by atoms with Gasteiger partial charge in [-0.2, -0.15) is 0 Å². The van der Waals surface area contributed by atoms with Crippen LogP contribution in [0.1, 0.15) is 25.7 Å². The fraction of sp³-hybridized carbons (Fsp3) is 0.381. The SMILES string of the molecule is O=C(C1CC1)N1CCC(Nc2ncnc3ccc(-c4ccc(Cl)nc4)nc23)CC1. The highest BCUT2D eigenvalue weighted by atomic mass is 35.5. The summed E-state index contributed by atoms with van der Waals surface area (Å²) in [5.41, 5.74) is 3.20. The van der Waals surface area contributed by atoms with Gasteiger partial charge in [0.1, 0.15) is 17.0 Å². The molecule has 2 aliphatic rings. The van der Waals surface area contributed by atoms with Crippen molar-refractivity contribution >= 4 is 34.4 Å². The lowest BCUT2D eigenvalue weighted by atomic mass is 10.0. The van der Waals surface area contributed by atoms with Gasteiger partial charge in [-0.1, -0.05) is 11.6 Å². The minimum absolute atomic E-state index is 0.263. The van der Waals surface area contributed by atoms with E-state index in [1.165, 1.54) is 0 Å². The van der Waals surface area contributed by atoms with Crippen LogP contribution in [-0.4, -0.2) is 49.9 Å². The Morgan fingerprint density at radius 1 is 1.03 bits per heavy atom. The van der Waals surface area contributed by atoms with E-state index in [2.05, 4.69) is 20.3 Å². The van der Waals surface area contributed by atoms with Crippen molar-refractivity contribution in [2.45, 2.75) is 31.7 Å². The van der Waals surface area contributed by atoms with E-state index in [1.54, 1.807) is 18.6 Å². The van der Waals surface area contributed by atoms with Crippen molar-refractivity contribution in [2.75, 3.05) is 18.4 Å². The lowest BCUT2D eigenvalue weighted by Gasteiger charge is -2.32. The zero-order valence-corrected chi connectivity index (χ0v) is 16.6. The molecule has 1 aliphatic heterocycles. The molecule has 3 aromatic heterocycles. The summed E-state index contributed by atoms with van der Waals surface area (Å²) in [5, 5.41) is 3.98. The molecule has 5 rings (SSSR count). The summed E-state index contributed by atoms with van der Waals surface area (Å²) in [6.45, 7) is 1.59. The maximum Gasteiger partial charge on any atom is 0.225 e. The number of hydrogen-bond donors (Lipinski definition) is 1. The van der Waals surface area contributed by atoms with Crippen molar-refractivity contribution in [1.29, 1.82) is 0 Å². The number of nitrogens with one attached hydrogen (secondary N) is 1. The molecule has 0 radical (unpaired) electrons. The molecule has 0 atom stereocenters. The average molecular weight is 409 g/mol. The number of anilines is 1. The maximum absolute atomic E-state index is 12.3. The zero-order chi connectivity index (χ0) is 19.8. The zero-order valence-electron chi connectivity index (χ0n) is 15.9. The quantitative estimate of drug-likeness (QED) is 0.664. The Morgan fingerprint density at radius 3 is 2.59 bits per heavy atom. The van der Waals surface area contributed by atoms with Crippen LogP contribution in [0, 0.1) is 5.92 Å². The minimum Gasteiger partial charge on any atom is -0.365 e. The third kappa shape index (κ3) is 3.87. The second-order valence-electron chi connectivity index (χ2n) is 7.67. The van der Waals surface area contributed by atoms with Crippen LogP contribution in [-0.2, 0) is 4.79 Å². The fourth-order valence-corrected chi connectivity index (χ4v) is 3.87. The minimum atomic E-state index is 0.263. The number of carbonyl (C=O) groups excluding carboxylic acids is 1. The van der Waals surface area contributed by atoms with Gasteiger partial charge in [0.2, 0.25) is 5.91 Å².